The zero-order valence-corrected chi connectivity index (χ0v) is 9.97. The molecule has 19 heavy (non-hydrogen) atoms. The molecule has 0 saturated carbocycles. The number of carbonyl (C=O) groups excluding carboxylic acids is 1. The molecule has 1 aromatic rings. The van der Waals surface area contributed by atoms with E-state index in [0.717, 1.165) is 6.07 Å². The smallest absolute Gasteiger partial charge is 0.273 e. The van der Waals surface area contributed by atoms with Crippen LogP contribution in [0, 0.1) is 17.0 Å². The minimum Gasteiger partial charge on any atom is -0.385 e. The number of hydrogen-bond donors (Lipinski definition) is 2. The van der Waals surface area contributed by atoms with E-state index in [1.165, 1.54) is 19.1 Å². The summed E-state index contributed by atoms with van der Waals surface area (Å²) in [7, 11) is 0. The second-order valence-corrected chi connectivity index (χ2v) is 3.87. The summed E-state index contributed by atoms with van der Waals surface area (Å²) >= 11 is 0. The topological polar surface area (TPSA) is 92.5 Å². The molecular formula is C11H12F2N2O4. The zero-order valence-electron chi connectivity index (χ0n) is 9.97. The first-order chi connectivity index (χ1) is 8.82. The Hall–Kier alpha value is -2.09. The lowest BCUT2D eigenvalue weighted by molar-refractivity contribution is -0.385. The van der Waals surface area contributed by atoms with Gasteiger partial charge in [-0.2, -0.15) is 0 Å². The average Bonchev–Trinajstić information content (AvgIpc) is 2.35. The summed E-state index contributed by atoms with van der Waals surface area (Å²) in [5.41, 5.74) is 0.120. The lowest BCUT2D eigenvalue weighted by atomic mass is 10.1. The molecule has 0 heterocycles. The number of nitro groups is 1. The van der Waals surface area contributed by atoms with Crippen molar-refractivity contribution in [1.29, 1.82) is 0 Å². The second kappa shape index (κ2) is 6.19. The molecule has 0 aliphatic heterocycles. The van der Waals surface area contributed by atoms with Crippen LogP contribution in [0.25, 0.3) is 0 Å². The van der Waals surface area contributed by atoms with Crippen molar-refractivity contribution in [2.75, 3.05) is 6.54 Å². The van der Waals surface area contributed by atoms with Crippen LogP contribution in [0.4, 0.5) is 14.5 Å². The Balaban J connectivity index is 2.78. The number of alkyl halides is 2. The van der Waals surface area contributed by atoms with E-state index in [2.05, 4.69) is 5.32 Å². The number of aryl methyl sites for hydroxylation is 1. The van der Waals surface area contributed by atoms with Gasteiger partial charge in [-0.15, -0.1) is 0 Å². The molecule has 1 atom stereocenters. The predicted octanol–water partition coefficient (Wildman–Crippen LogP) is 1.26. The molecule has 1 unspecified atom stereocenters. The average molecular weight is 274 g/mol. The molecule has 104 valence electrons. The van der Waals surface area contributed by atoms with E-state index >= 15 is 0 Å². The van der Waals surface area contributed by atoms with Crippen molar-refractivity contribution >= 4 is 11.6 Å². The Morgan fingerprint density at radius 2 is 2.16 bits per heavy atom. The van der Waals surface area contributed by atoms with Gasteiger partial charge in [-0.05, 0) is 13.0 Å². The van der Waals surface area contributed by atoms with E-state index in [9.17, 15) is 23.7 Å². The lowest BCUT2D eigenvalue weighted by Gasteiger charge is -2.10. The fourth-order valence-electron chi connectivity index (χ4n) is 1.34. The number of rotatable bonds is 5. The number of aliphatic hydroxyl groups excluding tert-OH is 1. The molecule has 8 heteroatoms. The number of nitrogens with zero attached hydrogens (tertiary/aromatic N) is 1. The maximum absolute atomic E-state index is 12.0. The maximum atomic E-state index is 12.0. The van der Waals surface area contributed by atoms with Crippen molar-refractivity contribution in [2.45, 2.75) is 19.5 Å². The quantitative estimate of drug-likeness (QED) is 0.624. The van der Waals surface area contributed by atoms with Crippen LogP contribution in [-0.4, -0.2) is 35.0 Å². The molecule has 0 aliphatic rings. The molecule has 0 bridgehead atoms. The van der Waals surface area contributed by atoms with Crippen molar-refractivity contribution in [3.05, 3.63) is 39.4 Å². The van der Waals surface area contributed by atoms with Gasteiger partial charge in [0.05, 0.1) is 4.92 Å². The molecule has 6 nitrogen and oxygen atoms in total. The molecule has 0 fully saturated rings. The maximum Gasteiger partial charge on any atom is 0.273 e. The van der Waals surface area contributed by atoms with Gasteiger partial charge in [0.1, 0.15) is 6.10 Å². The number of benzene rings is 1. The summed E-state index contributed by atoms with van der Waals surface area (Å²) in [6, 6.07) is 3.78. The van der Waals surface area contributed by atoms with Crippen LogP contribution < -0.4 is 5.32 Å². The highest BCUT2D eigenvalue weighted by molar-refractivity contribution is 5.95. The van der Waals surface area contributed by atoms with Crippen LogP contribution in [-0.2, 0) is 0 Å². The van der Waals surface area contributed by atoms with E-state index in [1.54, 1.807) is 0 Å². The second-order valence-electron chi connectivity index (χ2n) is 3.87. The molecule has 0 radical (unpaired) electrons. The van der Waals surface area contributed by atoms with E-state index in [1.807, 2.05) is 0 Å². The molecule has 1 aromatic carbocycles. The highest BCUT2D eigenvalue weighted by Gasteiger charge is 2.19. The predicted molar refractivity (Wildman–Crippen MR) is 62.2 cm³/mol. The highest BCUT2D eigenvalue weighted by Crippen LogP contribution is 2.19. The summed E-state index contributed by atoms with van der Waals surface area (Å²) in [4.78, 5) is 21.6. The van der Waals surface area contributed by atoms with Gasteiger partial charge in [0.2, 0.25) is 0 Å². The third-order valence-corrected chi connectivity index (χ3v) is 2.43. The fourth-order valence-corrected chi connectivity index (χ4v) is 1.34. The van der Waals surface area contributed by atoms with Crippen LogP contribution >= 0.6 is 0 Å². The van der Waals surface area contributed by atoms with E-state index in [0.29, 0.717) is 5.56 Å². The first-order valence-corrected chi connectivity index (χ1v) is 5.32. The van der Waals surface area contributed by atoms with Gasteiger partial charge in [0, 0.05) is 23.7 Å². The van der Waals surface area contributed by atoms with E-state index in [-0.39, 0.29) is 11.3 Å². The van der Waals surface area contributed by atoms with E-state index in [4.69, 9.17) is 5.11 Å². The number of hydrogen-bond acceptors (Lipinski definition) is 4. The van der Waals surface area contributed by atoms with Crippen LogP contribution in [0.15, 0.2) is 18.2 Å². The summed E-state index contributed by atoms with van der Waals surface area (Å²) in [6.45, 7) is 0.887. The summed E-state index contributed by atoms with van der Waals surface area (Å²) in [5, 5.41) is 21.6. The van der Waals surface area contributed by atoms with Crippen molar-refractivity contribution in [3.63, 3.8) is 0 Å². The molecule has 1 rings (SSSR count). The van der Waals surface area contributed by atoms with Gasteiger partial charge in [-0.1, -0.05) is 6.07 Å². The number of aliphatic hydroxyl groups is 1. The largest absolute Gasteiger partial charge is 0.385 e. The van der Waals surface area contributed by atoms with Gasteiger partial charge < -0.3 is 10.4 Å². The Labute approximate surface area is 107 Å². The first-order valence-electron chi connectivity index (χ1n) is 5.32. The number of nitro benzene ring substituents is 1. The van der Waals surface area contributed by atoms with Gasteiger partial charge in [-0.3, -0.25) is 14.9 Å². The Morgan fingerprint density at radius 3 is 2.68 bits per heavy atom. The highest BCUT2D eigenvalue weighted by atomic mass is 19.3. The molecule has 1 amide bonds. The normalized spacial score (nSPS) is 12.3. The zero-order chi connectivity index (χ0) is 14.6. The van der Waals surface area contributed by atoms with E-state index < -0.39 is 29.9 Å². The van der Waals surface area contributed by atoms with Gasteiger partial charge in [0.25, 0.3) is 18.0 Å². The SMILES string of the molecule is Cc1ccc(C(=O)NCC(O)C(F)F)cc1[N+](=O)[O-]. The Morgan fingerprint density at radius 1 is 1.53 bits per heavy atom. The third kappa shape index (κ3) is 3.95. The molecule has 2 N–H and O–H groups in total. The standard InChI is InChI=1S/C11H12F2N2O4/c1-6-2-3-7(4-8(6)15(18)19)11(17)14-5-9(16)10(12)13/h2-4,9-10,16H,5H2,1H3,(H,14,17). The Kier molecular flexibility index (Phi) is 4.87. The molecule has 0 aromatic heterocycles. The van der Waals surface area contributed by atoms with Crippen LogP contribution in [0.5, 0.6) is 0 Å². The summed E-state index contributed by atoms with van der Waals surface area (Å²) < 4.78 is 24.0. The number of halogens is 2. The minimum absolute atomic E-state index is 0.0289. The van der Waals surface area contributed by atoms with Crippen molar-refractivity contribution in [3.8, 4) is 0 Å². The molecule has 0 saturated heterocycles. The number of nitrogens with one attached hydrogen (secondary N) is 1. The van der Waals surface area contributed by atoms with Crippen molar-refractivity contribution in [2.24, 2.45) is 0 Å². The van der Waals surface area contributed by atoms with Crippen LogP contribution in [0.2, 0.25) is 0 Å². The lowest BCUT2D eigenvalue weighted by Crippen LogP contribution is -2.35. The first kappa shape index (κ1) is 15.0. The number of amides is 1. The van der Waals surface area contributed by atoms with Crippen LogP contribution in [0.3, 0.4) is 0 Å². The summed E-state index contributed by atoms with van der Waals surface area (Å²) in [5.74, 6) is -0.761. The van der Waals surface area contributed by atoms with Crippen LogP contribution in [0.1, 0.15) is 15.9 Å². The number of carbonyl (C=O) groups is 1. The summed E-state index contributed by atoms with van der Waals surface area (Å²) in [6.07, 6.45) is -4.93. The third-order valence-electron chi connectivity index (χ3n) is 2.43. The molecule has 0 aliphatic carbocycles. The molecule has 0 spiro atoms. The fraction of sp³-hybridized carbons (Fsp3) is 0.364. The van der Waals surface area contributed by atoms with Gasteiger partial charge >= 0.3 is 0 Å². The minimum atomic E-state index is -2.97. The molecular weight excluding hydrogens is 262 g/mol. The van der Waals surface area contributed by atoms with Gasteiger partial charge in [-0.25, -0.2) is 8.78 Å². The monoisotopic (exact) mass is 274 g/mol. The Bertz CT molecular complexity index is 494. The van der Waals surface area contributed by atoms with Crippen molar-refractivity contribution < 1.29 is 23.6 Å². The van der Waals surface area contributed by atoms with Crippen molar-refractivity contribution in [1.82, 2.24) is 5.32 Å². The van der Waals surface area contributed by atoms with Gasteiger partial charge in [0.15, 0.2) is 0 Å².